The van der Waals surface area contributed by atoms with E-state index in [4.69, 9.17) is 0 Å². The Morgan fingerprint density at radius 2 is 1.33 bits per heavy atom. The van der Waals surface area contributed by atoms with Gasteiger partial charge in [-0.05, 0) is 36.4 Å². The van der Waals surface area contributed by atoms with Gasteiger partial charge in [0, 0.05) is 37.4 Å². The molecule has 0 bridgehead atoms. The molecule has 2 heterocycles. The topological polar surface area (TPSA) is 58.4 Å². The van der Waals surface area contributed by atoms with Crippen molar-refractivity contribution in [3.63, 3.8) is 0 Å². The largest absolute Gasteiger partial charge is 0.369 e. The highest BCUT2D eigenvalue weighted by atomic mass is 32.2. The van der Waals surface area contributed by atoms with Crippen molar-refractivity contribution < 1.29 is 12.8 Å². The number of halogens is 1. The van der Waals surface area contributed by atoms with E-state index in [1.54, 1.807) is 23.0 Å². The first-order valence-electron chi connectivity index (χ1n) is 10.7. The number of anilines is 1. The van der Waals surface area contributed by atoms with Crippen molar-refractivity contribution in [2.24, 2.45) is 0 Å². The minimum absolute atomic E-state index is 0.188. The van der Waals surface area contributed by atoms with E-state index in [1.807, 2.05) is 60.7 Å². The SMILES string of the molecule is O=S(=O)(c1cn(-c2ccccc2)nc1-c1ccccc1)N1CCN(c2ccc(F)cc2)CC1. The number of benzene rings is 3. The highest BCUT2D eigenvalue weighted by Crippen LogP contribution is 2.30. The molecular formula is C25H23FN4O2S. The summed E-state index contributed by atoms with van der Waals surface area (Å²) in [6.07, 6.45) is 1.60. The van der Waals surface area contributed by atoms with Gasteiger partial charge in [-0.1, -0.05) is 48.5 Å². The summed E-state index contributed by atoms with van der Waals surface area (Å²) in [4.78, 5) is 2.25. The molecule has 1 fully saturated rings. The van der Waals surface area contributed by atoms with E-state index in [0.717, 1.165) is 16.9 Å². The van der Waals surface area contributed by atoms with E-state index in [2.05, 4.69) is 10.00 Å². The van der Waals surface area contributed by atoms with Crippen LogP contribution < -0.4 is 4.90 Å². The van der Waals surface area contributed by atoms with E-state index in [-0.39, 0.29) is 10.7 Å². The summed E-state index contributed by atoms with van der Waals surface area (Å²) in [6, 6.07) is 25.1. The van der Waals surface area contributed by atoms with Gasteiger partial charge in [-0.25, -0.2) is 17.5 Å². The van der Waals surface area contributed by atoms with Gasteiger partial charge in [0.25, 0.3) is 0 Å². The van der Waals surface area contributed by atoms with Crippen LogP contribution in [0.15, 0.2) is 96.0 Å². The Labute approximate surface area is 192 Å². The highest BCUT2D eigenvalue weighted by Gasteiger charge is 2.33. The zero-order valence-corrected chi connectivity index (χ0v) is 18.7. The molecule has 33 heavy (non-hydrogen) atoms. The monoisotopic (exact) mass is 462 g/mol. The maximum absolute atomic E-state index is 13.7. The van der Waals surface area contributed by atoms with Crippen LogP contribution in [-0.2, 0) is 10.0 Å². The second-order valence-corrected chi connectivity index (χ2v) is 9.76. The summed E-state index contributed by atoms with van der Waals surface area (Å²) in [5.41, 5.74) is 2.85. The van der Waals surface area contributed by atoms with E-state index >= 15 is 0 Å². The second kappa shape index (κ2) is 8.80. The van der Waals surface area contributed by atoms with Crippen molar-refractivity contribution in [1.82, 2.24) is 14.1 Å². The number of para-hydroxylation sites is 1. The van der Waals surface area contributed by atoms with Crippen LogP contribution in [0, 0.1) is 5.82 Å². The van der Waals surface area contributed by atoms with Crippen LogP contribution in [0.25, 0.3) is 16.9 Å². The molecule has 0 saturated carbocycles. The lowest BCUT2D eigenvalue weighted by Gasteiger charge is -2.35. The van der Waals surface area contributed by atoms with Crippen molar-refractivity contribution in [3.8, 4) is 16.9 Å². The van der Waals surface area contributed by atoms with E-state index in [1.165, 1.54) is 16.4 Å². The first-order valence-corrected chi connectivity index (χ1v) is 12.2. The number of nitrogens with zero attached hydrogens (tertiary/aromatic N) is 4. The second-order valence-electron chi connectivity index (χ2n) is 7.86. The molecule has 0 unspecified atom stereocenters. The molecule has 0 N–H and O–H groups in total. The van der Waals surface area contributed by atoms with Crippen LogP contribution in [0.5, 0.6) is 0 Å². The van der Waals surface area contributed by atoms with Gasteiger partial charge in [-0.2, -0.15) is 9.40 Å². The number of hydrogen-bond donors (Lipinski definition) is 0. The Morgan fingerprint density at radius 1 is 0.727 bits per heavy atom. The quantitative estimate of drug-likeness (QED) is 0.446. The van der Waals surface area contributed by atoms with Crippen LogP contribution >= 0.6 is 0 Å². The zero-order chi connectivity index (χ0) is 22.8. The molecule has 3 aromatic carbocycles. The maximum Gasteiger partial charge on any atom is 0.246 e. The van der Waals surface area contributed by atoms with Crippen molar-refractivity contribution in [2.75, 3.05) is 31.1 Å². The average Bonchev–Trinajstić information content (AvgIpc) is 3.32. The predicted molar refractivity (Wildman–Crippen MR) is 126 cm³/mol. The van der Waals surface area contributed by atoms with Crippen molar-refractivity contribution in [3.05, 3.63) is 96.9 Å². The molecule has 0 atom stereocenters. The predicted octanol–water partition coefficient (Wildman–Crippen LogP) is 4.19. The number of piperazine rings is 1. The summed E-state index contributed by atoms with van der Waals surface area (Å²) in [5, 5.41) is 4.65. The molecule has 8 heteroatoms. The van der Waals surface area contributed by atoms with Gasteiger partial charge >= 0.3 is 0 Å². The Morgan fingerprint density at radius 3 is 1.97 bits per heavy atom. The maximum atomic E-state index is 13.7. The molecular weight excluding hydrogens is 439 g/mol. The van der Waals surface area contributed by atoms with Gasteiger partial charge in [0.05, 0.1) is 11.9 Å². The molecule has 6 nitrogen and oxygen atoms in total. The summed E-state index contributed by atoms with van der Waals surface area (Å²) in [7, 11) is -3.78. The molecule has 1 aliphatic rings. The van der Waals surface area contributed by atoms with Gasteiger partial charge < -0.3 is 4.90 Å². The third kappa shape index (κ3) is 4.27. The molecule has 1 aliphatic heterocycles. The van der Waals surface area contributed by atoms with Crippen molar-refractivity contribution >= 4 is 15.7 Å². The lowest BCUT2D eigenvalue weighted by Crippen LogP contribution is -2.48. The van der Waals surface area contributed by atoms with Crippen molar-refractivity contribution in [1.29, 1.82) is 0 Å². The minimum atomic E-state index is -3.78. The molecule has 0 radical (unpaired) electrons. The van der Waals surface area contributed by atoms with Gasteiger partial charge in [0.1, 0.15) is 16.4 Å². The van der Waals surface area contributed by atoms with Gasteiger partial charge in [0.2, 0.25) is 10.0 Å². The van der Waals surface area contributed by atoms with Gasteiger partial charge in [0.15, 0.2) is 0 Å². The van der Waals surface area contributed by atoms with Crippen LogP contribution in [-0.4, -0.2) is 48.7 Å². The fourth-order valence-electron chi connectivity index (χ4n) is 4.03. The fraction of sp³-hybridized carbons (Fsp3) is 0.160. The third-order valence-electron chi connectivity index (χ3n) is 5.80. The molecule has 5 rings (SSSR count). The molecule has 0 amide bonds. The standard InChI is InChI=1S/C25H23FN4O2S/c26-21-11-13-22(14-12-21)28-15-17-29(18-16-28)33(31,32)24-19-30(23-9-5-2-6-10-23)27-25(24)20-7-3-1-4-8-20/h1-14,19H,15-18H2. The number of hydrogen-bond acceptors (Lipinski definition) is 4. The number of sulfonamides is 1. The Bertz CT molecular complexity index is 1330. The third-order valence-corrected chi connectivity index (χ3v) is 7.70. The van der Waals surface area contributed by atoms with Crippen LogP contribution in [0.4, 0.5) is 10.1 Å². The lowest BCUT2D eigenvalue weighted by atomic mass is 10.2. The molecule has 0 aliphatic carbocycles. The zero-order valence-electron chi connectivity index (χ0n) is 17.9. The first kappa shape index (κ1) is 21.4. The fourth-order valence-corrected chi connectivity index (χ4v) is 5.59. The number of aromatic nitrogens is 2. The molecule has 168 valence electrons. The Balaban J connectivity index is 1.46. The van der Waals surface area contributed by atoms with Crippen molar-refractivity contribution in [2.45, 2.75) is 4.90 Å². The molecule has 0 spiro atoms. The van der Waals surface area contributed by atoms with E-state index in [9.17, 15) is 12.8 Å². The van der Waals surface area contributed by atoms with Crippen LogP contribution in [0.3, 0.4) is 0 Å². The summed E-state index contributed by atoms with van der Waals surface area (Å²) < 4.78 is 43.8. The smallest absolute Gasteiger partial charge is 0.246 e. The summed E-state index contributed by atoms with van der Waals surface area (Å²) in [6.45, 7) is 1.73. The molecule has 1 saturated heterocycles. The van der Waals surface area contributed by atoms with Gasteiger partial charge in [-0.3, -0.25) is 0 Å². The normalized spacial score (nSPS) is 15.0. The minimum Gasteiger partial charge on any atom is -0.369 e. The Hall–Kier alpha value is -3.49. The highest BCUT2D eigenvalue weighted by molar-refractivity contribution is 7.89. The molecule has 1 aromatic heterocycles. The molecule has 4 aromatic rings. The average molecular weight is 463 g/mol. The Kier molecular flexibility index (Phi) is 5.70. The van der Waals surface area contributed by atoms with Gasteiger partial charge in [-0.15, -0.1) is 0 Å². The van der Waals surface area contributed by atoms with E-state index < -0.39 is 10.0 Å². The number of rotatable bonds is 5. The summed E-state index contributed by atoms with van der Waals surface area (Å²) in [5.74, 6) is -0.288. The lowest BCUT2D eigenvalue weighted by molar-refractivity contribution is 0.385. The van der Waals surface area contributed by atoms with E-state index in [0.29, 0.717) is 31.9 Å². The first-order chi connectivity index (χ1) is 16.0. The van der Waals surface area contributed by atoms with Crippen LogP contribution in [0.1, 0.15) is 0 Å². The summed E-state index contributed by atoms with van der Waals surface area (Å²) >= 11 is 0. The van der Waals surface area contributed by atoms with Crippen LogP contribution in [0.2, 0.25) is 0 Å².